The minimum absolute atomic E-state index is 0.0610. The van der Waals surface area contributed by atoms with Gasteiger partial charge in [0.05, 0.1) is 18.1 Å². The first-order chi connectivity index (χ1) is 13.4. The van der Waals surface area contributed by atoms with Crippen LogP contribution in [0.2, 0.25) is 0 Å². The zero-order valence-corrected chi connectivity index (χ0v) is 16.3. The number of benzene rings is 2. The average molecular weight is 380 g/mol. The highest BCUT2D eigenvalue weighted by molar-refractivity contribution is 6.04. The topological polar surface area (TPSA) is 75.7 Å². The lowest BCUT2D eigenvalue weighted by Gasteiger charge is -2.19. The number of hydrogen-bond donors (Lipinski definition) is 1. The monoisotopic (exact) mass is 380 g/mol. The van der Waals surface area contributed by atoms with Crippen molar-refractivity contribution in [3.8, 4) is 0 Å². The molecule has 0 saturated carbocycles. The molecule has 0 bridgehead atoms. The standard InChI is InChI=1S/C22H24N2O4/c1-4-28-22(27)16-6-5-7-18(11-16)23-21(26)17-12-20(25)24(13-17)19-10-14(2)8-9-15(19)3/h5-11,17H,4,12-13H2,1-3H3,(H,23,26). The smallest absolute Gasteiger partial charge is 0.338 e. The Labute approximate surface area is 164 Å². The van der Waals surface area contributed by atoms with Crippen molar-refractivity contribution in [2.24, 2.45) is 5.92 Å². The highest BCUT2D eigenvalue weighted by atomic mass is 16.5. The molecule has 1 atom stereocenters. The molecule has 1 N–H and O–H groups in total. The van der Waals surface area contributed by atoms with Gasteiger partial charge in [0.2, 0.25) is 11.8 Å². The van der Waals surface area contributed by atoms with Crippen LogP contribution in [0.1, 0.15) is 34.8 Å². The molecular weight excluding hydrogens is 356 g/mol. The number of rotatable bonds is 5. The van der Waals surface area contributed by atoms with Crippen molar-refractivity contribution >= 4 is 29.2 Å². The van der Waals surface area contributed by atoms with Gasteiger partial charge in [0.15, 0.2) is 0 Å². The van der Waals surface area contributed by atoms with Crippen LogP contribution in [0, 0.1) is 19.8 Å². The van der Waals surface area contributed by atoms with E-state index >= 15 is 0 Å². The summed E-state index contributed by atoms with van der Waals surface area (Å²) in [6.45, 7) is 6.29. The average Bonchev–Trinajstić information content (AvgIpc) is 3.06. The van der Waals surface area contributed by atoms with Crippen molar-refractivity contribution in [3.05, 3.63) is 59.2 Å². The number of hydrogen-bond acceptors (Lipinski definition) is 4. The second-order valence-corrected chi connectivity index (χ2v) is 6.99. The normalized spacial score (nSPS) is 16.2. The zero-order valence-electron chi connectivity index (χ0n) is 16.3. The maximum Gasteiger partial charge on any atom is 0.338 e. The van der Waals surface area contributed by atoms with Gasteiger partial charge in [-0.2, -0.15) is 0 Å². The molecular formula is C22H24N2O4. The first kappa shape index (κ1) is 19.6. The van der Waals surface area contributed by atoms with Gasteiger partial charge in [-0.05, 0) is 56.2 Å². The maximum absolute atomic E-state index is 12.7. The van der Waals surface area contributed by atoms with Gasteiger partial charge >= 0.3 is 5.97 Å². The summed E-state index contributed by atoms with van der Waals surface area (Å²) >= 11 is 0. The van der Waals surface area contributed by atoms with E-state index in [1.54, 1.807) is 36.1 Å². The number of nitrogens with zero attached hydrogens (tertiary/aromatic N) is 1. The molecule has 1 aliphatic heterocycles. The van der Waals surface area contributed by atoms with Crippen LogP contribution >= 0.6 is 0 Å². The molecule has 146 valence electrons. The van der Waals surface area contributed by atoms with E-state index < -0.39 is 11.9 Å². The number of ether oxygens (including phenoxy) is 1. The fraction of sp³-hybridized carbons (Fsp3) is 0.318. The van der Waals surface area contributed by atoms with Gasteiger partial charge in [-0.15, -0.1) is 0 Å². The van der Waals surface area contributed by atoms with E-state index in [0.717, 1.165) is 16.8 Å². The lowest BCUT2D eigenvalue weighted by Crippen LogP contribution is -2.28. The van der Waals surface area contributed by atoms with Gasteiger partial charge in [0.1, 0.15) is 0 Å². The second-order valence-electron chi connectivity index (χ2n) is 6.99. The van der Waals surface area contributed by atoms with Crippen LogP contribution in [0.3, 0.4) is 0 Å². The third-order valence-electron chi connectivity index (χ3n) is 4.79. The van der Waals surface area contributed by atoms with Gasteiger partial charge < -0.3 is 15.0 Å². The number of aryl methyl sites for hydroxylation is 2. The molecule has 3 rings (SSSR count). The summed E-state index contributed by atoms with van der Waals surface area (Å²) in [6.07, 6.45) is 0.163. The van der Waals surface area contributed by atoms with Crippen LogP contribution in [0.5, 0.6) is 0 Å². The molecule has 1 saturated heterocycles. The summed E-state index contributed by atoms with van der Waals surface area (Å²) in [5.74, 6) is -1.18. The van der Waals surface area contributed by atoms with Gasteiger partial charge in [-0.1, -0.05) is 18.2 Å². The second kappa shape index (κ2) is 8.25. The van der Waals surface area contributed by atoms with Crippen molar-refractivity contribution < 1.29 is 19.1 Å². The molecule has 2 aromatic carbocycles. The van der Waals surface area contributed by atoms with Crippen LogP contribution in [-0.4, -0.2) is 30.9 Å². The molecule has 2 aromatic rings. The van der Waals surface area contributed by atoms with Crippen molar-refractivity contribution in [2.75, 3.05) is 23.4 Å². The summed E-state index contributed by atoms with van der Waals surface area (Å²) in [7, 11) is 0. The Bertz CT molecular complexity index is 923. The Balaban J connectivity index is 1.71. The van der Waals surface area contributed by atoms with Crippen LogP contribution in [0.15, 0.2) is 42.5 Å². The van der Waals surface area contributed by atoms with Gasteiger partial charge in [-0.3, -0.25) is 9.59 Å². The SMILES string of the molecule is CCOC(=O)c1cccc(NC(=O)C2CC(=O)N(c3cc(C)ccc3C)C2)c1. The van der Waals surface area contributed by atoms with E-state index in [4.69, 9.17) is 4.74 Å². The molecule has 0 aliphatic carbocycles. The molecule has 0 spiro atoms. The predicted octanol–water partition coefficient (Wildman–Crippen LogP) is 3.47. The largest absolute Gasteiger partial charge is 0.462 e. The first-order valence-electron chi connectivity index (χ1n) is 9.34. The number of carbonyl (C=O) groups excluding carboxylic acids is 3. The van der Waals surface area contributed by atoms with Crippen molar-refractivity contribution in [3.63, 3.8) is 0 Å². The van der Waals surface area contributed by atoms with Crippen molar-refractivity contribution in [1.29, 1.82) is 0 Å². The quantitative estimate of drug-likeness (QED) is 0.806. The fourth-order valence-electron chi connectivity index (χ4n) is 3.31. The molecule has 0 aromatic heterocycles. The summed E-state index contributed by atoms with van der Waals surface area (Å²) in [5.41, 5.74) is 3.80. The Hall–Kier alpha value is -3.15. The van der Waals surface area contributed by atoms with Gasteiger partial charge in [0.25, 0.3) is 0 Å². The molecule has 1 heterocycles. The molecule has 2 amide bonds. The number of amides is 2. The van der Waals surface area contributed by atoms with E-state index in [2.05, 4.69) is 5.32 Å². The molecule has 1 unspecified atom stereocenters. The Morgan fingerprint density at radius 1 is 1.18 bits per heavy atom. The summed E-state index contributed by atoms with van der Waals surface area (Å²) in [4.78, 5) is 38.7. The van der Waals surface area contributed by atoms with E-state index in [0.29, 0.717) is 17.8 Å². The third kappa shape index (κ3) is 4.22. The Morgan fingerprint density at radius 2 is 1.96 bits per heavy atom. The Morgan fingerprint density at radius 3 is 2.71 bits per heavy atom. The van der Waals surface area contributed by atoms with Crippen molar-refractivity contribution in [1.82, 2.24) is 0 Å². The molecule has 1 aliphatic rings. The van der Waals surface area contributed by atoms with Gasteiger partial charge in [0, 0.05) is 24.3 Å². The molecule has 28 heavy (non-hydrogen) atoms. The van der Waals surface area contributed by atoms with Crippen molar-refractivity contribution in [2.45, 2.75) is 27.2 Å². The number of anilines is 2. The van der Waals surface area contributed by atoms with Crippen LogP contribution in [-0.2, 0) is 14.3 Å². The number of esters is 1. The third-order valence-corrected chi connectivity index (χ3v) is 4.79. The maximum atomic E-state index is 12.7. The van der Waals surface area contributed by atoms with Crippen LogP contribution in [0.4, 0.5) is 11.4 Å². The van der Waals surface area contributed by atoms with E-state index in [1.165, 1.54) is 0 Å². The van der Waals surface area contributed by atoms with Crippen LogP contribution < -0.4 is 10.2 Å². The highest BCUT2D eigenvalue weighted by Crippen LogP contribution is 2.29. The highest BCUT2D eigenvalue weighted by Gasteiger charge is 2.35. The van der Waals surface area contributed by atoms with E-state index in [-0.39, 0.29) is 24.8 Å². The molecule has 0 radical (unpaired) electrons. The minimum Gasteiger partial charge on any atom is -0.462 e. The minimum atomic E-state index is -0.446. The molecule has 6 nitrogen and oxygen atoms in total. The molecule has 1 fully saturated rings. The predicted molar refractivity (Wildman–Crippen MR) is 107 cm³/mol. The Kier molecular flexibility index (Phi) is 5.78. The first-order valence-corrected chi connectivity index (χ1v) is 9.34. The fourth-order valence-corrected chi connectivity index (χ4v) is 3.31. The summed E-state index contributed by atoms with van der Waals surface area (Å²) < 4.78 is 4.98. The zero-order chi connectivity index (χ0) is 20.3. The summed E-state index contributed by atoms with van der Waals surface area (Å²) in [6, 6.07) is 12.6. The lowest BCUT2D eigenvalue weighted by atomic mass is 10.1. The lowest BCUT2D eigenvalue weighted by molar-refractivity contribution is -0.122. The van der Waals surface area contributed by atoms with Gasteiger partial charge in [-0.25, -0.2) is 4.79 Å². The van der Waals surface area contributed by atoms with E-state index in [9.17, 15) is 14.4 Å². The van der Waals surface area contributed by atoms with E-state index in [1.807, 2.05) is 32.0 Å². The number of nitrogens with one attached hydrogen (secondary N) is 1. The molecule has 6 heteroatoms. The number of carbonyl (C=O) groups is 3. The van der Waals surface area contributed by atoms with Crippen LogP contribution in [0.25, 0.3) is 0 Å². The summed E-state index contributed by atoms with van der Waals surface area (Å²) in [5, 5.41) is 2.81.